The second-order valence-corrected chi connectivity index (χ2v) is 4.39. The molecule has 0 aliphatic carbocycles. The van der Waals surface area contributed by atoms with Crippen LogP contribution in [-0.2, 0) is 4.74 Å². The minimum atomic E-state index is -0.338. The van der Waals surface area contributed by atoms with Crippen LogP contribution in [0.25, 0.3) is 0 Å². The topological polar surface area (TPSA) is 54.9 Å². The fraction of sp³-hybridized carbons (Fsp3) is 0.533. The van der Waals surface area contributed by atoms with Crippen molar-refractivity contribution in [2.24, 2.45) is 4.99 Å². The molecule has 6 heteroatoms. The van der Waals surface area contributed by atoms with Crippen molar-refractivity contribution >= 4 is 11.6 Å². The highest BCUT2D eigenvalue weighted by atomic mass is 19.1. The molecule has 0 heterocycles. The molecule has 0 aromatic heterocycles. The van der Waals surface area contributed by atoms with Gasteiger partial charge in [-0.15, -0.1) is 0 Å². The number of ether oxygens (including phenoxy) is 2. The van der Waals surface area contributed by atoms with Gasteiger partial charge in [-0.2, -0.15) is 0 Å². The highest BCUT2D eigenvalue weighted by Gasteiger charge is 2.01. The quantitative estimate of drug-likeness (QED) is 0.418. The Hall–Kier alpha value is -1.82. The van der Waals surface area contributed by atoms with Gasteiger partial charge in [0.1, 0.15) is 5.75 Å². The molecule has 5 nitrogen and oxygen atoms in total. The van der Waals surface area contributed by atoms with Gasteiger partial charge in [0.2, 0.25) is 0 Å². The molecule has 0 saturated heterocycles. The van der Waals surface area contributed by atoms with Crippen molar-refractivity contribution in [3.05, 3.63) is 24.3 Å². The van der Waals surface area contributed by atoms with Gasteiger partial charge in [0.25, 0.3) is 0 Å². The molecule has 1 aromatic carbocycles. The number of halogens is 1. The third-order valence-corrected chi connectivity index (χ3v) is 2.68. The molecule has 1 rings (SSSR count). The molecule has 0 bridgehead atoms. The van der Waals surface area contributed by atoms with E-state index in [0.29, 0.717) is 32.1 Å². The molecule has 0 radical (unpaired) electrons. The Morgan fingerprint density at radius 1 is 1.29 bits per heavy atom. The van der Waals surface area contributed by atoms with E-state index in [9.17, 15) is 4.39 Å². The SMILES string of the molecule is CN=C(NCCCF)Nc1cccc(OCCCOC)c1. The van der Waals surface area contributed by atoms with Gasteiger partial charge in [-0.1, -0.05) is 6.07 Å². The van der Waals surface area contributed by atoms with Gasteiger partial charge in [0.15, 0.2) is 5.96 Å². The number of nitrogens with zero attached hydrogens (tertiary/aromatic N) is 1. The lowest BCUT2D eigenvalue weighted by atomic mass is 10.3. The van der Waals surface area contributed by atoms with Crippen molar-refractivity contribution < 1.29 is 13.9 Å². The van der Waals surface area contributed by atoms with Crippen LogP contribution in [0.4, 0.5) is 10.1 Å². The van der Waals surface area contributed by atoms with Crippen LogP contribution in [0.5, 0.6) is 5.75 Å². The largest absolute Gasteiger partial charge is 0.493 e. The molecule has 0 unspecified atom stereocenters. The monoisotopic (exact) mass is 297 g/mol. The smallest absolute Gasteiger partial charge is 0.195 e. The molecule has 0 saturated carbocycles. The van der Waals surface area contributed by atoms with Crippen LogP contribution in [0.1, 0.15) is 12.8 Å². The summed E-state index contributed by atoms with van der Waals surface area (Å²) in [6, 6.07) is 7.62. The first-order valence-electron chi connectivity index (χ1n) is 7.05. The number of guanidine groups is 1. The number of hydrogen-bond acceptors (Lipinski definition) is 3. The van der Waals surface area contributed by atoms with Crippen LogP contribution in [-0.4, -0.2) is 46.6 Å². The van der Waals surface area contributed by atoms with Crippen molar-refractivity contribution in [3.63, 3.8) is 0 Å². The molecule has 2 N–H and O–H groups in total. The first-order valence-corrected chi connectivity index (χ1v) is 7.05. The second-order valence-electron chi connectivity index (χ2n) is 4.39. The van der Waals surface area contributed by atoms with E-state index >= 15 is 0 Å². The number of rotatable bonds is 9. The predicted octanol–water partition coefficient (Wildman–Crippen LogP) is 2.45. The number of aliphatic imine (C=N–C) groups is 1. The Balaban J connectivity index is 2.46. The van der Waals surface area contributed by atoms with Crippen molar-refractivity contribution in [1.82, 2.24) is 5.32 Å². The summed E-state index contributed by atoms with van der Waals surface area (Å²) < 4.78 is 22.7. The highest BCUT2D eigenvalue weighted by molar-refractivity contribution is 5.93. The Kier molecular flexibility index (Phi) is 8.95. The Morgan fingerprint density at radius 2 is 2.14 bits per heavy atom. The average molecular weight is 297 g/mol. The predicted molar refractivity (Wildman–Crippen MR) is 84.0 cm³/mol. The molecular formula is C15H24FN3O2. The zero-order valence-electron chi connectivity index (χ0n) is 12.7. The highest BCUT2D eigenvalue weighted by Crippen LogP contribution is 2.17. The lowest BCUT2D eigenvalue weighted by molar-refractivity contribution is 0.172. The van der Waals surface area contributed by atoms with Gasteiger partial charge in [-0.25, -0.2) is 0 Å². The Bertz CT molecular complexity index is 427. The molecule has 1 aromatic rings. The first-order chi connectivity index (χ1) is 10.3. The number of hydrogen-bond donors (Lipinski definition) is 2. The maximum Gasteiger partial charge on any atom is 0.195 e. The zero-order chi connectivity index (χ0) is 15.3. The first kappa shape index (κ1) is 17.2. The summed E-state index contributed by atoms with van der Waals surface area (Å²) in [5, 5.41) is 6.18. The second kappa shape index (κ2) is 10.9. The molecule has 0 atom stereocenters. The summed E-state index contributed by atoms with van der Waals surface area (Å²) in [6.07, 6.45) is 1.31. The molecule has 0 aliphatic rings. The van der Waals surface area contributed by atoms with Crippen molar-refractivity contribution in [2.75, 3.05) is 45.9 Å². The van der Waals surface area contributed by atoms with Crippen LogP contribution >= 0.6 is 0 Å². The number of alkyl halides is 1. The average Bonchev–Trinajstić information content (AvgIpc) is 2.51. The van der Waals surface area contributed by atoms with Crippen LogP contribution in [0.2, 0.25) is 0 Å². The number of benzene rings is 1. The van der Waals surface area contributed by atoms with E-state index in [0.717, 1.165) is 17.9 Å². The lowest BCUT2D eigenvalue weighted by Crippen LogP contribution is -2.31. The number of nitrogens with one attached hydrogen (secondary N) is 2. The molecule has 0 fully saturated rings. The van der Waals surface area contributed by atoms with E-state index in [2.05, 4.69) is 15.6 Å². The third-order valence-electron chi connectivity index (χ3n) is 2.68. The normalized spacial score (nSPS) is 11.3. The fourth-order valence-electron chi connectivity index (χ4n) is 1.65. The van der Waals surface area contributed by atoms with Gasteiger partial charge in [-0.3, -0.25) is 9.38 Å². The van der Waals surface area contributed by atoms with E-state index in [1.54, 1.807) is 14.2 Å². The van der Waals surface area contributed by atoms with E-state index in [1.165, 1.54) is 0 Å². The van der Waals surface area contributed by atoms with E-state index < -0.39 is 0 Å². The van der Waals surface area contributed by atoms with Gasteiger partial charge in [0, 0.05) is 45.5 Å². The fourth-order valence-corrected chi connectivity index (χ4v) is 1.65. The van der Waals surface area contributed by atoms with Crippen LogP contribution in [0.3, 0.4) is 0 Å². The summed E-state index contributed by atoms with van der Waals surface area (Å²) in [5.41, 5.74) is 0.868. The lowest BCUT2D eigenvalue weighted by Gasteiger charge is -2.12. The molecule has 0 aliphatic heterocycles. The Morgan fingerprint density at radius 3 is 2.86 bits per heavy atom. The molecule has 118 valence electrons. The maximum absolute atomic E-state index is 12.1. The minimum absolute atomic E-state index is 0.338. The van der Waals surface area contributed by atoms with Gasteiger partial charge >= 0.3 is 0 Å². The Labute approximate surface area is 125 Å². The molecule has 0 amide bonds. The van der Waals surface area contributed by atoms with E-state index in [4.69, 9.17) is 9.47 Å². The summed E-state index contributed by atoms with van der Waals surface area (Å²) in [4.78, 5) is 4.09. The van der Waals surface area contributed by atoms with Crippen molar-refractivity contribution in [1.29, 1.82) is 0 Å². The van der Waals surface area contributed by atoms with Crippen LogP contribution < -0.4 is 15.4 Å². The molecule has 21 heavy (non-hydrogen) atoms. The zero-order valence-corrected chi connectivity index (χ0v) is 12.7. The summed E-state index contributed by atoms with van der Waals surface area (Å²) in [7, 11) is 3.35. The maximum atomic E-state index is 12.1. The summed E-state index contributed by atoms with van der Waals surface area (Å²) in [6.45, 7) is 1.50. The van der Waals surface area contributed by atoms with Crippen LogP contribution in [0, 0.1) is 0 Å². The van der Waals surface area contributed by atoms with Gasteiger partial charge < -0.3 is 20.1 Å². The van der Waals surface area contributed by atoms with E-state index in [-0.39, 0.29) is 6.67 Å². The standard InChI is InChI=1S/C15H24FN3O2/c1-17-15(18-9-4-8-16)19-13-6-3-7-14(12-13)21-11-5-10-20-2/h3,6-7,12H,4-5,8-11H2,1-2H3,(H2,17,18,19). The summed E-state index contributed by atoms with van der Waals surface area (Å²) >= 11 is 0. The molecule has 0 spiro atoms. The van der Waals surface area contributed by atoms with E-state index in [1.807, 2.05) is 24.3 Å². The third kappa shape index (κ3) is 7.51. The van der Waals surface area contributed by atoms with Gasteiger partial charge in [0.05, 0.1) is 13.3 Å². The van der Waals surface area contributed by atoms with Gasteiger partial charge in [-0.05, 0) is 18.6 Å². The summed E-state index contributed by atoms with van der Waals surface area (Å²) in [5.74, 6) is 1.40. The number of methoxy groups -OCH3 is 1. The van der Waals surface area contributed by atoms with Crippen molar-refractivity contribution in [3.8, 4) is 5.75 Å². The minimum Gasteiger partial charge on any atom is -0.493 e. The number of anilines is 1. The molecular weight excluding hydrogens is 273 g/mol. The van der Waals surface area contributed by atoms with Crippen LogP contribution in [0.15, 0.2) is 29.3 Å². The van der Waals surface area contributed by atoms with Crippen molar-refractivity contribution in [2.45, 2.75) is 12.8 Å².